The first-order chi connectivity index (χ1) is 8.29. The smallest absolute Gasteiger partial charge is 0.197 e. The minimum Gasteiger partial charge on any atom is -0.458 e. The van der Waals surface area contributed by atoms with Gasteiger partial charge in [-0.25, -0.2) is 0 Å². The summed E-state index contributed by atoms with van der Waals surface area (Å²) in [7, 11) is 0. The van der Waals surface area contributed by atoms with Crippen LogP contribution in [0.5, 0.6) is 0 Å². The van der Waals surface area contributed by atoms with Crippen molar-refractivity contribution in [3.05, 3.63) is 23.7 Å². The van der Waals surface area contributed by atoms with Crippen LogP contribution in [0.4, 0.5) is 0 Å². The van der Waals surface area contributed by atoms with E-state index in [-0.39, 0.29) is 5.78 Å². The van der Waals surface area contributed by atoms with E-state index in [1.54, 1.807) is 6.07 Å². The number of hydrogen-bond donors (Lipinski definition) is 0. The summed E-state index contributed by atoms with van der Waals surface area (Å²) in [6, 6.07) is 3.67. The standard InChI is InChI=1S/C14H20O3/c1-2-11-8-9-14(17-11)13(15)7-3-5-12-6-4-10-16-12/h8-9,12H,2-7,10H2,1H3. The lowest BCUT2D eigenvalue weighted by atomic mass is 10.1. The Morgan fingerprint density at radius 3 is 3.00 bits per heavy atom. The molecule has 1 aromatic rings. The van der Waals surface area contributed by atoms with Crippen LogP contribution in [0.15, 0.2) is 16.5 Å². The Labute approximate surface area is 102 Å². The average Bonchev–Trinajstić information content (AvgIpc) is 2.99. The number of ether oxygens (including phenoxy) is 1. The lowest BCUT2D eigenvalue weighted by molar-refractivity contribution is 0.0902. The van der Waals surface area contributed by atoms with Gasteiger partial charge in [-0.05, 0) is 37.8 Å². The molecule has 0 saturated carbocycles. The highest BCUT2D eigenvalue weighted by molar-refractivity contribution is 5.93. The van der Waals surface area contributed by atoms with Crippen molar-refractivity contribution in [1.82, 2.24) is 0 Å². The lowest BCUT2D eigenvalue weighted by Gasteiger charge is -2.07. The monoisotopic (exact) mass is 236 g/mol. The SMILES string of the molecule is CCc1ccc(C(=O)CCCC2CCCO2)o1. The van der Waals surface area contributed by atoms with Crippen LogP contribution in [0.3, 0.4) is 0 Å². The van der Waals surface area contributed by atoms with Gasteiger partial charge in [0.25, 0.3) is 0 Å². The molecule has 1 aliphatic rings. The van der Waals surface area contributed by atoms with Gasteiger partial charge in [-0.15, -0.1) is 0 Å². The van der Waals surface area contributed by atoms with Gasteiger partial charge in [0.1, 0.15) is 5.76 Å². The van der Waals surface area contributed by atoms with Crippen molar-refractivity contribution in [3.63, 3.8) is 0 Å². The lowest BCUT2D eigenvalue weighted by Crippen LogP contribution is -2.06. The predicted octanol–water partition coefficient (Wildman–Crippen LogP) is 3.37. The van der Waals surface area contributed by atoms with E-state index in [0.717, 1.165) is 44.5 Å². The summed E-state index contributed by atoms with van der Waals surface area (Å²) >= 11 is 0. The second-order valence-corrected chi connectivity index (χ2v) is 4.57. The molecule has 2 rings (SSSR count). The highest BCUT2D eigenvalue weighted by Gasteiger charge is 2.16. The molecule has 94 valence electrons. The van der Waals surface area contributed by atoms with E-state index in [9.17, 15) is 4.79 Å². The third-order valence-electron chi connectivity index (χ3n) is 3.24. The van der Waals surface area contributed by atoms with Crippen LogP contribution >= 0.6 is 0 Å². The number of furan rings is 1. The number of carbonyl (C=O) groups excluding carboxylic acids is 1. The van der Waals surface area contributed by atoms with Gasteiger partial charge in [0.15, 0.2) is 11.5 Å². The van der Waals surface area contributed by atoms with Gasteiger partial charge in [0, 0.05) is 19.4 Å². The van der Waals surface area contributed by atoms with Crippen LogP contribution in [0.2, 0.25) is 0 Å². The molecule has 3 heteroatoms. The summed E-state index contributed by atoms with van der Waals surface area (Å²) in [5.74, 6) is 1.50. The molecule has 0 amide bonds. The molecule has 1 atom stereocenters. The number of rotatable bonds is 6. The fourth-order valence-electron chi connectivity index (χ4n) is 2.20. The Hall–Kier alpha value is -1.09. The van der Waals surface area contributed by atoms with Crippen molar-refractivity contribution in [2.45, 2.75) is 51.6 Å². The number of ketones is 1. The summed E-state index contributed by atoms with van der Waals surface area (Å²) in [4.78, 5) is 11.8. The van der Waals surface area contributed by atoms with Gasteiger partial charge in [0.05, 0.1) is 6.10 Å². The Balaban J connectivity index is 1.72. The molecule has 0 bridgehead atoms. The van der Waals surface area contributed by atoms with Crippen molar-refractivity contribution in [2.75, 3.05) is 6.61 Å². The molecule has 2 heterocycles. The molecular formula is C14H20O3. The molecule has 1 unspecified atom stereocenters. The van der Waals surface area contributed by atoms with Crippen LogP contribution in [0.1, 0.15) is 55.3 Å². The zero-order chi connectivity index (χ0) is 12.1. The summed E-state index contributed by atoms with van der Waals surface area (Å²) in [5, 5.41) is 0. The molecule has 1 saturated heterocycles. The Morgan fingerprint density at radius 1 is 1.47 bits per heavy atom. The first kappa shape index (κ1) is 12.4. The summed E-state index contributed by atoms with van der Waals surface area (Å²) in [5.41, 5.74) is 0. The van der Waals surface area contributed by atoms with Crippen molar-refractivity contribution < 1.29 is 13.9 Å². The van der Waals surface area contributed by atoms with Gasteiger partial charge in [0.2, 0.25) is 0 Å². The molecule has 3 nitrogen and oxygen atoms in total. The quantitative estimate of drug-likeness (QED) is 0.711. The molecule has 1 fully saturated rings. The van der Waals surface area contributed by atoms with Crippen LogP contribution in [0, 0.1) is 0 Å². The maximum atomic E-state index is 11.8. The fraction of sp³-hybridized carbons (Fsp3) is 0.643. The predicted molar refractivity (Wildman–Crippen MR) is 65.2 cm³/mol. The minimum absolute atomic E-state index is 0.114. The molecule has 17 heavy (non-hydrogen) atoms. The normalized spacial score (nSPS) is 19.7. The molecule has 1 aromatic heterocycles. The number of hydrogen-bond acceptors (Lipinski definition) is 3. The van der Waals surface area contributed by atoms with Crippen LogP contribution in [-0.2, 0) is 11.2 Å². The third kappa shape index (κ3) is 3.43. The van der Waals surface area contributed by atoms with Gasteiger partial charge in [-0.3, -0.25) is 4.79 Å². The first-order valence-corrected chi connectivity index (χ1v) is 6.53. The second kappa shape index (κ2) is 6.01. The van der Waals surface area contributed by atoms with E-state index in [1.807, 2.05) is 13.0 Å². The summed E-state index contributed by atoms with van der Waals surface area (Å²) in [6.07, 6.45) is 5.98. The maximum absolute atomic E-state index is 11.8. The van der Waals surface area contributed by atoms with Gasteiger partial charge < -0.3 is 9.15 Å². The van der Waals surface area contributed by atoms with Gasteiger partial charge in [-0.2, -0.15) is 0 Å². The van der Waals surface area contributed by atoms with Crippen molar-refractivity contribution >= 4 is 5.78 Å². The molecule has 0 aromatic carbocycles. The van der Waals surface area contributed by atoms with E-state index in [2.05, 4.69) is 0 Å². The Kier molecular flexibility index (Phi) is 4.37. The van der Waals surface area contributed by atoms with Crippen molar-refractivity contribution in [2.24, 2.45) is 0 Å². The highest BCUT2D eigenvalue weighted by Crippen LogP contribution is 2.19. The fourth-order valence-corrected chi connectivity index (χ4v) is 2.20. The van der Waals surface area contributed by atoms with E-state index in [0.29, 0.717) is 18.3 Å². The average molecular weight is 236 g/mol. The van der Waals surface area contributed by atoms with Crippen LogP contribution in [-0.4, -0.2) is 18.5 Å². The maximum Gasteiger partial charge on any atom is 0.197 e. The van der Waals surface area contributed by atoms with Crippen molar-refractivity contribution in [1.29, 1.82) is 0 Å². The molecule has 1 aliphatic heterocycles. The van der Waals surface area contributed by atoms with E-state index in [1.165, 1.54) is 0 Å². The molecule has 0 radical (unpaired) electrons. The van der Waals surface area contributed by atoms with E-state index < -0.39 is 0 Å². The zero-order valence-electron chi connectivity index (χ0n) is 10.4. The third-order valence-corrected chi connectivity index (χ3v) is 3.24. The molecule has 0 spiro atoms. The largest absolute Gasteiger partial charge is 0.458 e. The zero-order valence-corrected chi connectivity index (χ0v) is 10.4. The van der Waals surface area contributed by atoms with E-state index >= 15 is 0 Å². The molecular weight excluding hydrogens is 216 g/mol. The topological polar surface area (TPSA) is 39.4 Å². The second-order valence-electron chi connectivity index (χ2n) is 4.57. The molecule has 0 N–H and O–H groups in total. The number of Topliss-reactive ketones (excluding diaryl/α,β-unsaturated/α-hetero) is 1. The van der Waals surface area contributed by atoms with E-state index in [4.69, 9.17) is 9.15 Å². The van der Waals surface area contributed by atoms with Crippen LogP contribution < -0.4 is 0 Å². The highest BCUT2D eigenvalue weighted by atomic mass is 16.5. The minimum atomic E-state index is 0.114. The summed E-state index contributed by atoms with van der Waals surface area (Å²) in [6.45, 7) is 2.90. The number of carbonyl (C=O) groups is 1. The van der Waals surface area contributed by atoms with Crippen LogP contribution in [0.25, 0.3) is 0 Å². The van der Waals surface area contributed by atoms with Gasteiger partial charge >= 0.3 is 0 Å². The summed E-state index contributed by atoms with van der Waals surface area (Å²) < 4.78 is 11.0. The number of aryl methyl sites for hydroxylation is 1. The Bertz CT molecular complexity index is 361. The van der Waals surface area contributed by atoms with Gasteiger partial charge in [-0.1, -0.05) is 6.92 Å². The molecule has 0 aliphatic carbocycles. The Morgan fingerprint density at radius 2 is 2.35 bits per heavy atom. The first-order valence-electron chi connectivity index (χ1n) is 6.53. The van der Waals surface area contributed by atoms with Crippen molar-refractivity contribution in [3.8, 4) is 0 Å².